The van der Waals surface area contributed by atoms with Gasteiger partial charge in [0.05, 0.1) is 0 Å². The van der Waals surface area contributed by atoms with Crippen molar-refractivity contribution in [2.45, 2.75) is 57.8 Å². The molecule has 3 nitrogen and oxygen atoms in total. The normalized spacial score (nSPS) is 21.0. The van der Waals surface area contributed by atoms with Crippen LogP contribution in [0, 0.1) is 0 Å². The van der Waals surface area contributed by atoms with E-state index in [9.17, 15) is 0 Å². The summed E-state index contributed by atoms with van der Waals surface area (Å²) >= 11 is 0. The standard InChI is InChI=1S/C11H19N3/c1-3-9-12-10(14-13-9)11(2)7-5-4-6-8-11/h3-8H2,1-2H3,(H,12,13,14). The molecule has 0 aliphatic heterocycles. The van der Waals surface area contributed by atoms with Crippen LogP contribution in [0.15, 0.2) is 0 Å². The van der Waals surface area contributed by atoms with Crippen LogP contribution in [0.25, 0.3) is 0 Å². The van der Waals surface area contributed by atoms with Crippen LogP contribution >= 0.6 is 0 Å². The topological polar surface area (TPSA) is 41.6 Å². The first-order valence-corrected chi connectivity index (χ1v) is 5.66. The molecule has 14 heavy (non-hydrogen) atoms. The van der Waals surface area contributed by atoms with E-state index in [0.29, 0.717) is 0 Å². The van der Waals surface area contributed by atoms with Crippen LogP contribution in [0.2, 0.25) is 0 Å². The Hall–Kier alpha value is -0.860. The van der Waals surface area contributed by atoms with Crippen molar-refractivity contribution >= 4 is 0 Å². The van der Waals surface area contributed by atoms with Gasteiger partial charge >= 0.3 is 0 Å². The number of H-pyrrole nitrogens is 1. The minimum atomic E-state index is 0.238. The number of rotatable bonds is 2. The van der Waals surface area contributed by atoms with Crippen molar-refractivity contribution < 1.29 is 0 Å². The van der Waals surface area contributed by atoms with E-state index in [2.05, 4.69) is 29.0 Å². The molecule has 1 aromatic heterocycles. The third-order valence-electron chi connectivity index (χ3n) is 3.36. The number of aromatic amines is 1. The first-order chi connectivity index (χ1) is 6.74. The van der Waals surface area contributed by atoms with Crippen LogP contribution in [0.3, 0.4) is 0 Å². The number of aryl methyl sites for hydroxylation is 1. The lowest BCUT2D eigenvalue weighted by Gasteiger charge is -2.30. The molecule has 0 unspecified atom stereocenters. The molecular weight excluding hydrogens is 174 g/mol. The molecule has 1 heterocycles. The molecule has 0 spiro atoms. The molecule has 0 bridgehead atoms. The van der Waals surface area contributed by atoms with Crippen molar-refractivity contribution in [2.24, 2.45) is 0 Å². The highest BCUT2D eigenvalue weighted by Crippen LogP contribution is 2.36. The van der Waals surface area contributed by atoms with Gasteiger partial charge in [-0.15, -0.1) is 0 Å². The number of aromatic nitrogens is 3. The quantitative estimate of drug-likeness (QED) is 0.784. The molecule has 78 valence electrons. The third-order valence-corrected chi connectivity index (χ3v) is 3.36. The van der Waals surface area contributed by atoms with Gasteiger partial charge in [0, 0.05) is 11.8 Å². The summed E-state index contributed by atoms with van der Waals surface area (Å²) in [6.45, 7) is 4.41. The summed E-state index contributed by atoms with van der Waals surface area (Å²) in [5.74, 6) is 2.06. The molecule has 1 aromatic rings. The summed E-state index contributed by atoms with van der Waals surface area (Å²) in [6, 6.07) is 0. The molecule has 0 amide bonds. The average molecular weight is 193 g/mol. The summed E-state index contributed by atoms with van der Waals surface area (Å²) in [5.41, 5.74) is 0.238. The molecule has 1 aliphatic rings. The van der Waals surface area contributed by atoms with Crippen LogP contribution < -0.4 is 0 Å². The lowest BCUT2D eigenvalue weighted by Crippen LogP contribution is -2.26. The van der Waals surface area contributed by atoms with Crippen molar-refractivity contribution in [3.63, 3.8) is 0 Å². The van der Waals surface area contributed by atoms with Crippen molar-refractivity contribution in [3.8, 4) is 0 Å². The highest BCUT2D eigenvalue weighted by Gasteiger charge is 2.32. The zero-order valence-corrected chi connectivity index (χ0v) is 9.14. The van der Waals surface area contributed by atoms with E-state index >= 15 is 0 Å². The minimum Gasteiger partial charge on any atom is -0.263 e. The fourth-order valence-corrected chi connectivity index (χ4v) is 2.28. The van der Waals surface area contributed by atoms with E-state index in [4.69, 9.17) is 0 Å². The van der Waals surface area contributed by atoms with E-state index < -0.39 is 0 Å². The monoisotopic (exact) mass is 193 g/mol. The van der Waals surface area contributed by atoms with Gasteiger partial charge in [0.1, 0.15) is 5.82 Å². The molecule has 3 heteroatoms. The lowest BCUT2D eigenvalue weighted by molar-refractivity contribution is 0.304. The number of nitrogens with one attached hydrogen (secondary N) is 1. The van der Waals surface area contributed by atoms with Gasteiger partial charge in [0.2, 0.25) is 0 Å². The number of nitrogens with zero attached hydrogens (tertiary/aromatic N) is 2. The SMILES string of the molecule is CCc1nc(C2(C)CCCCC2)n[nH]1. The number of hydrogen-bond donors (Lipinski definition) is 1. The van der Waals surface area contributed by atoms with Crippen molar-refractivity contribution in [3.05, 3.63) is 11.6 Å². The predicted octanol–water partition coefficient (Wildman–Crippen LogP) is 2.59. The molecular formula is C11H19N3. The fraction of sp³-hybridized carbons (Fsp3) is 0.818. The van der Waals surface area contributed by atoms with Gasteiger partial charge in [-0.2, -0.15) is 5.10 Å². The Kier molecular flexibility index (Phi) is 2.57. The highest BCUT2D eigenvalue weighted by atomic mass is 15.2. The van der Waals surface area contributed by atoms with Gasteiger partial charge in [0.25, 0.3) is 0 Å². The van der Waals surface area contributed by atoms with Gasteiger partial charge < -0.3 is 0 Å². The second kappa shape index (κ2) is 3.71. The molecule has 1 N–H and O–H groups in total. The van der Waals surface area contributed by atoms with E-state index in [-0.39, 0.29) is 5.41 Å². The molecule has 0 aromatic carbocycles. The van der Waals surface area contributed by atoms with Crippen LogP contribution in [0.5, 0.6) is 0 Å². The van der Waals surface area contributed by atoms with Gasteiger partial charge in [-0.25, -0.2) is 4.98 Å². The van der Waals surface area contributed by atoms with E-state index in [1.165, 1.54) is 32.1 Å². The first kappa shape index (κ1) is 9.69. The van der Waals surface area contributed by atoms with Crippen molar-refractivity contribution in [2.75, 3.05) is 0 Å². The molecule has 2 rings (SSSR count). The van der Waals surface area contributed by atoms with E-state index in [0.717, 1.165) is 18.1 Å². The van der Waals surface area contributed by atoms with E-state index in [1.807, 2.05) is 0 Å². The van der Waals surface area contributed by atoms with Crippen molar-refractivity contribution in [1.29, 1.82) is 0 Å². The summed E-state index contributed by atoms with van der Waals surface area (Å²) in [6.07, 6.45) is 7.46. The lowest BCUT2D eigenvalue weighted by atomic mass is 9.75. The molecule has 0 radical (unpaired) electrons. The van der Waals surface area contributed by atoms with E-state index in [1.54, 1.807) is 0 Å². The zero-order chi connectivity index (χ0) is 10.0. The Balaban J connectivity index is 2.19. The Morgan fingerprint density at radius 2 is 2.00 bits per heavy atom. The Morgan fingerprint density at radius 3 is 2.57 bits per heavy atom. The van der Waals surface area contributed by atoms with Crippen LogP contribution in [0.1, 0.15) is 57.6 Å². The zero-order valence-electron chi connectivity index (χ0n) is 9.14. The maximum absolute atomic E-state index is 4.56. The summed E-state index contributed by atoms with van der Waals surface area (Å²) in [7, 11) is 0. The molecule has 1 aliphatic carbocycles. The molecule has 0 saturated heterocycles. The third kappa shape index (κ3) is 1.68. The Morgan fingerprint density at radius 1 is 1.29 bits per heavy atom. The fourth-order valence-electron chi connectivity index (χ4n) is 2.28. The maximum atomic E-state index is 4.56. The second-order valence-electron chi connectivity index (χ2n) is 4.58. The summed E-state index contributed by atoms with van der Waals surface area (Å²) < 4.78 is 0. The molecule has 1 fully saturated rings. The summed E-state index contributed by atoms with van der Waals surface area (Å²) in [5, 5.41) is 7.36. The smallest absolute Gasteiger partial charge is 0.156 e. The largest absolute Gasteiger partial charge is 0.263 e. The number of hydrogen-bond acceptors (Lipinski definition) is 2. The van der Waals surface area contributed by atoms with Gasteiger partial charge in [-0.05, 0) is 12.8 Å². The Labute approximate surface area is 85.3 Å². The van der Waals surface area contributed by atoms with Gasteiger partial charge in [-0.3, -0.25) is 5.10 Å². The maximum Gasteiger partial charge on any atom is 0.156 e. The van der Waals surface area contributed by atoms with Gasteiger partial charge in [-0.1, -0.05) is 33.1 Å². The van der Waals surface area contributed by atoms with Crippen LogP contribution in [-0.4, -0.2) is 15.2 Å². The second-order valence-corrected chi connectivity index (χ2v) is 4.58. The Bertz CT molecular complexity index is 297. The summed E-state index contributed by atoms with van der Waals surface area (Å²) in [4.78, 5) is 4.56. The minimum absolute atomic E-state index is 0.238. The molecule has 0 atom stereocenters. The van der Waals surface area contributed by atoms with Crippen molar-refractivity contribution in [1.82, 2.24) is 15.2 Å². The average Bonchev–Trinajstić information content (AvgIpc) is 2.67. The highest BCUT2D eigenvalue weighted by molar-refractivity contribution is 5.07. The first-order valence-electron chi connectivity index (χ1n) is 5.66. The molecule has 1 saturated carbocycles. The predicted molar refractivity (Wildman–Crippen MR) is 56.2 cm³/mol. The van der Waals surface area contributed by atoms with Crippen LogP contribution in [-0.2, 0) is 11.8 Å². The van der Waals surface area contributed by atoms with Gasteiger partial charge in [0.15, 0.2) is 5.82 Å². The van der Waals surface area contributed by atoms with Crippen LogP contribution in [0.4, 0.5) is 0 Å².